The molecular weight excluding hydrogens is 442 g/mol. The zero-order valence-electron chi connectivity index (χ0n) is 18.2. The summed E-state index contributed by atoms with van der Waals surface area (Å²) in [5.41, 5.74) is 20.9. The van der Waals surface area contributed by atoms with Gasteiger partial charge < -0.3 is 44.0 Å². The van der Waals surface area contributed by atoms with Crippen LogP contribution in [0.3, 0.4) is 0 Å². The molecule has 0 saturated heterocycles. The topological polar surface area (TPSA) is 280 Å². The number of hydrogen-bond donors (Lipinski definition) is 8. The quantitative estimate of drug-likeness (QED) is 0.107. The predicted molar refractivity (Wildman–Crippen MR) is 112 cm³/mol. The monoisotopic (exact) mass is 473 g/mol. The minimum absolute atomic E-state index is 0.0952. The molecule has 0 radical (unpaired) electrons. The molecule has 0 saturated carbocycles. The summed E-state index contributed by atoms with van der Waals surface area (Å²) in [5.74, 6) is -6.19. The standard InChI is InChI=1S/C18H31N7O8/c1-8(18(32)33)23-16(30)10(3-6-13(21)27)25-17(31)11(4-7-14(22)28)24-15(29)9(19)2-5-12(20)26/h8-11H,2-7,19H2,1H3,(H2,20,26)(H2,21,27)(H2,22,28)(H,23,30)(H,24,29)(H,25,31)(H,32,33). The maximum Gasteiger partial charge on any atom is 0.325 e. The number of carbonyl (C=O) groups excluding carboxylic acids is 6. The van der Waals surface area contributed by atoms with Gasteiger partial charge in [-0.3, -0.25) is 33.6 Å². The fraction of sp³-hybridized carbons (Fsp3) is 0.611. The molecule has 0 aliphatic carbocycles. The van der Waals surface area contributed by atoms with Crippen LogP contribution in [0.25, 0.3) is 0 Å². The average molecular weight is 473 g/mol. The lowest BCUT2D eigenvalue weighted by atomic mass is 10.1. The van der Waals surface area contributed by atoms with Crippen molar-refractivity contribution in [1.82, 2.24) is 16.0 Å². The second-order valence-electron chi connectivity index (χ2n) is 7.31. The second kappa shape index (κ2) is 14.3. The van der Waals surface area contributed by atoms with Gasteiger partial charge in [0.2, 0.25) is 35.4 Å². The normalized spacial score (nSPS) is 14.1. The minimum atomic E-state index is -1.37. The van der Waals surface area contributed by atoms with E-state index in [2.05, 4.69) is 16.0 Å². The van der Waals surface area contributed by atoms with E-state index >= 15 is 0 Å². The van der Waals surface area contributed by atoms with Gasteiger partial charge in [0, 0.05) is 19.3 Å². The van der Waals surface area contributed by atoms with Crippen LogP contribution in [0.15, 0.2) is 0 Å². The van der Waals surface area contributed by atoms with Crippen molar-refractivity contribution in [3.8, 4) is 0 Å². The Hall–Kier alpha value is -3.75. The van der Waals surface area contributed by atoms with Crippen LogP contribution in [-0.4, -0.2) is 70.7 Å². The van der Waals surface area contributed by atoms with Gasteiger partial charge >= 0.3 is 5.97 Å². The maximum atomic E-state index is 12.8. The van der Waals surface area contributed by atoms with Crippen LogP contribution < -0.4 is 38.9 Å². The first-order valence-corrected chi connectivity index (χ1v) is 9.99. The smallest absolute Gasteiger partial charge is 0.325 e. The lowest BCUT2D eigenvalue weighted by Crippen LogP contribution is -2.57. The predicted octanol–water partition coefficient (Wildman–Crippen LogP) is -4.33. The summed E-state index contributed by atoms with van der Waals surface area (Å²) in [4.78, 5) is 81.5. The number of amides is 6. The number of carboxylic acids is 1. The van der Waals surface area contributed by atoms with Gasteiger partial charge in [-0.1, -0.05) is 0 Å². The highest BCUT2D eigenvalue weighted by molar-refractivity contribution is 5.94. The first kappa shape index (κ1) is 29.2. The number of nitrogens with two attached hydrogens (primary N) is 4. The van der Waals surface area contributed by atoms with Gasteiger partial charge in [-0.05, 0) is 26.2 Å². The molecule has 4 unspecified atom stereocenters. The molecule has 0 aliphatic heterocycles. The molecule has 0 aromatic carbocycles. The van der Waals surface area contributed by atoms with Crippen LogP contribution in [-0.2, 0) is 33.6 Å². The van der Waals surface area contributed by atoms with Crippen molar-refractivity contribution in [3.05, 3.63) is 0 Å². The van der Waals surface area contributed by atoms with Gasteiger partial charge in [-0.15, -0.1) is 0 Å². The molecular formula is C18H31N7O8. The summed E-state index contributed by atoms with van der Waals surface area (Å²) in [6.45, 7) is 1.19. The fourth-order valence-corrected chi connectivity index (χ4v) is 2.47. The van der Waals surface area contributed by atoms with Crippen LogP contribution in [0.1, 0.15) is 45.4 Å². The largest absolute Gasteiger partial charge is 0.480 e. The van der Waals surface area contributed by atoms with Crippen molar-refractivity contribution in [2.45, 2.75) is 69.6 Å². The Morgan fingerprint density at radius 1 is 0.667 bits per heavy atom. The van der Waals surface area contributed by atoms with Crippen molar-refractivity contribution in [1.29, 1.82) is 0 Å². The summed E-state index contributed by atoms with van der Waals surface area (Å²) < 4.78 is 0. The number of aliphatic carboxylic acids is 1. The van der Waals surface area contributed by atoms with Crippen molar-refractivity contribution >= 4 is 41.4 Å². The molecule has 0 aromatic heterocycles. The second-order valence-corrected chi connectivity index (χ2v) is 7.31. The van der Waals surface area contributed by atoms with E-state index in [9.17, 15) is 33.6 Å². The molecule has 0 rings (SSSR count). The molecule has 0 fully saturated rings. The Balaban J connectivity index is 5.45. The molecule has 0 aromatic rings. The van der Waals surface area contributed by atoms with Gasteiger partial charge in [0.25, 0.3) is 0 Å². The van der Waals surface area contributed by atoms with Crippen LogP contribution in [0.2, 0.25) is 0 Å². The summed E-state index contributed by atoms with van der Waals surface area (Å²) in [6, 6.07) is -5.21. The summed E-state index contributed by atoms with van der Waals surface area (Å²) in [6.07, 6.45) is -1.38. The van der Waals surface area contributed by atoms with Crippen molar-refractivity contribution in [2.24, 2.45) is 22.9 Å². The summed E-state index contributed by atoms with van der Waals surface area (Å²) >= 11 is 0. The summed E-state index contributed by atoms with van der Waals surface area (Å²) in [5, 5.41) is 15.7. The zero-order chi connectivity index (χ0) is 25.7. The third-order valence-electron chi connectivity index (χ3n) is 4.39. The Labute approximate surface area is 189 Å². The molecule has 12 N–H and O–H groups in total. The number of carbonyl (C=O) groups is 7. The molecule has 0 heterocycles. The SMILES string of the molecule is CC(NC(=O)C(CCC(N)=O)NC(=O)C(CCC(N)=O)NC(=O)C(N)CCC(N)=O)C(=O)O. The third kappa shape index (κ3) is 12.6. The fourth-order valence-electron chi connectivity index (χ4n) is 2.47. The summed E-state index contributed by atoms with van der Waals surface area (Å²) in [7, 11) is 0. The van der Waals surface area contributed by atoms with E-state index < -0.39 is 65.6 Å². The lowest BCUT2D eigenvalue weighted by Gasteiger charge is -2.24. The van der Waals surface area contributed by atoms with E-state index in [1.807, 2.05) is 0 Å². The molecule has 186 valence electrons. The first-order valence-electron chi connectivity index (χ1n) is 9.99. The van der Waals surface area contributed by atoms with Crippen molar-refractivity contribution < 1.29 is 38.7 Å². The highest BCUT2D eigenvalue weighted by Gasteiger charge is 2.29. The lowest BCUT2D eigenvalue weighted by molar-refractivity contribution is -0.142. The Kier molecular flexibility index (Phi) is 12.7. The van der Waals surface area contributed by atoms with Gasteiger partial charge in [0.15, 0.2) is 0 Å². The van der Waals surface area contributed by atoms with Crippen LogP contribution >= 0.6 is 0 Å². The highest BCUT2D eigenvalue weighted by atomic mass is 16.4. The number of rotatable bonds is 16. The van der Waals surface area contributed by atoms with Gasteiger partial charge in [-0.25, -0.2) is 0 Å². The van der Waals surface area contributed by atoms with Gasteiger partial charge in [0.1, 0.15) is 18.1 Å². The van der Waals surface area contributed by atoms with E-state index in [1.54, 1.807) is 0 Å². The van der Waals surface area contributed by atoms with Crippen molar-refractivity contribution in [3.63, 3.8) is 0 Å². The molecule has 15 heteroatoms. The Morgan fingerprint density at radius 3 is 1.42 bits per heavy atom. The molecule has 15 nitrogen and oxygen atoms in total. The third-order valence-corrected chi connectivity index (χ3v) is 4.39. The maximum absolute atomic E-state index is 12.8. The molecule has 0 spiro atoms. The van der Waals surface area contributed by atoms with Crippen LogP contribution in [0.5, 0.6) is 0 Å². The van der Waals surface area contributed by atoms with Crippen LogP contribution in [0, 0.1) is 0 Å². The molecule has 0 bridgehead atoms. The van der Waals surface area contributed by atoms with E-state index in [0.29, 0.717) is 0 Å². The van der Waals surface area contributed by atoms with Gasteiger partial charge in [0.05, 0.1) is 6.04 Å². The molecule has 0 aliphatic rings. The Bertz CT molecular complexity index is 773. The number of primary amides is 3. The first-order chi connectivity index (χ1) is 15.2. The number of carboxylic acid groups (broad SMARTS) is 1. The van der Waals surface area contributed by atoms with E-state index in [1.165, 1.54) is 6.92 Å². The molecule has 33 heavy (non-hydrogen) atoms. The van der Waals surface area contributed by atoms with E-state index in [0.717, 1.165) is 0 Å². The zero-order valence-corrected chi connectivity index (χ0v) is 18.2. The molecule has 4 atom stereocenters. The number of hydrogen-bond acceptors (Lipinski definition) is 8. The Morgan fingerprint density at radius 2 is 1.03 bits per heavy atom. The average Bonchev–Trinajstić information content (AvgIpc) is 2.71. The molecule has 6 amide bonds. The minimum Gasteiger partial charge on any atom is -0.480 e. The number of nitrogens with one attached hydrogen (secondary N) is 3. The highest BCUT2D eigenvalue weighted by Crippen LogP contribution is 2.04. The van der Waals surface area contributed by atoms with E-state index in [4.69, 9.17) is 28.0 Å². The van der Waals surface area contributed by atoms with Crippen LogP contribution in [0.4, 0.5) is 0 Å². The van der Waals surface area contributed by atoms with Crippen molar-refractivity contribution in [2.75, 3.05) is 0 Å². The van der Waals surface area contributed by atoms with E-state index in [-0.39, 0.29) is 38.5 Å². The van der Waals surface area contributed by atoms with Gasteiger partial charge in [-0.2, -0.15) is 0 Å².